The van der Waals surface area contributed by atoms with Gasteiger partial charge in [0, 0.05) is 0 Å². The van der Waals surface area contributed by atoms with Crippen LogP contribution in [0.15, 0.2) is 6.20 Å². The molecule has 26 heavy (non-hydrogen) atoms. The highest BCUT2D eigenvalue weighted by atomic mass is 16.5. The lowest BCUT2D eigenvalue weighted by Crippen LogP contribution is -2.50. The standard InChI is InChI=1S/C16H25N5O5/c1-15(2,18-14(23)9-24-6-5-22)11-26-16(3,4)10-21-7-13(19-20-21)8-25-12-17/h5,7H,6,8-11H2,1-4H3,(H,18,23). The monoisotopic (exact) mass is 367 g/mol. The number of nitriles is 1. The predicted molar refractivity (Wildman–Crippen MR) is 89.6 cm³/mol. The number of carbonyl (C=O) groups is 2. The first-order valence-electron chi connectivity index (χ1n) is 8.04. The van der Waals surface area contributed by atoms with Crippen molar-refractivity contribution in [3.8, 4) is 6.26 Å². The zero-order chi connectivity index (χ0) is 19.6. The zero-order valence-electron chi connectivity index (χ0n) is 15.5. The van der Waals surface area contributed by atoms with E-state index in [-0.39, 0.29) is 32.3 Å². The fourth-order valence-electron chi connectivity index (χ4n) is 2.05. The van der Waals surface area contributed by atoms with E-state index in [1.807, 2.05) is 27.7 Å². The highest BCUT2D eigenvalue weighted by Gasteiger charge is 2.27. The molecule has 0 unspecified atom stereocenters. The number of hydrogen-bond donors (Lipinski definition) is 1. The average molecular weight is 367 g/mol. The molecular weight excluding hydrogens is 342 g/mol. The van der Waals surface area contributed by atoms with Crippen LogP contribution in [-0.4, -0.2) is 58.1 Å². The number of aldehydes is 1. The Kier molecular flexibility index (Phi) is 8.15. The van der Waals surface area contributed by atoms with E-state index >= 15 is 0 Å². The van der Waals surface area contributed by atoms with Crippen LogP contribution in [0.1, 0.15) is 33.4 Å². The topological polar surface area (TPSA) is 128 Å². The Morgan fingerprint density at radius 2 is 2.15 bits per heavy atom. The summed E-state index contributed by atoms with van der Waals surface area (Å²) in [5, 5.41) is 19.1. The fourth-order valence-corrected chi connectivity index (χ4v) is 2.05. The summed E-state index contributed by atoms with van der Waals surface area (Å²) in [4.78, 5) is 22.0. The highest BCUT2D eigenvalue weighted by molar-refractivity contribution is 5.78. The number of aromatic nitrogens is 3. The molecule has 0 saturated heterocycles. The lowest BCUT2D eigenvalue weighted by atomic mass is 10.1. The molecule has 0 aliphatic carbocycles. The van der Waals surface area contributed by atoms with E-state index in [4.69, 9.17) is 14.7 Å². The van der Waals surface area contributed by atoms with Crippen LogP contribution in [0, 0.1) is 11.5 Å². The molecule has 1 aromatic rings. The Balaban J connectivity index is 2.47. The predicted octanol–water partition coefficient (Wildman–Crippen LogP) is 0.181. The van der Waals surface area contributed by atoms with Crippen LogP contribution in [0.5, 0.6) is 0 Å². The van der Waals surface area contributed by atoms with Gasteiger partial charge < -0.3 is 24.3 Å². The van der Waals surface area contributed by atoms with Crippen LogP contribution in [0.4, 0.5) is 0 Å². The third-order valence-corrected chi connectivity index (χ3v) is 3.13. The van der Waals surface area contributed by atoms with Crippen molar-refractivity contribution in [2.45, 2.75) is 52.0 Å². The van der Waals surface area contributed by atoms with Crippen molar-refractivity contribution in [1.82, 2.24) is 20.3 Å². The Morgan fingerprint density at radius 1 is 1.42 bits per heavy atom. The van der Waals surface area contributed by atoms with E-state index in [1.54, 1.807) is 17.1 Å². The van der Waals surface area contributed by atoms with Gasteiger partial charge in [-0.3, -0.25) is 4.79 Å². The second kappa shape index (κ2) is 9.84. The number of nitrogens with zero attached hydrogens (tertiary/aromatic N) is 4. The molecule has 10 nitrogen and oxygen atoms in total. The van der Waals surface area contributed by atoms with E-state index in [9.17, 15) is 9.59 Å². The minimum Gasteiger partial charge on any atom is -0.421 e. The van der Waals surface area contributed by atoms with Crippen molar-refractivity contribution in [1.29, 1.82) is 5.26 Å². The second-order valence-corrected chi connectivity index (χ2v) is 6.95. The van der Waals surface area contributed by atoms with Crippen molar-refractivity contribution < 1.29 is 23.8 Å². The summed E-state index contributed by atoms with van der Waals surface area (Å²) in [5.74, 6) is -0.323. The van der Waals surface area contributed by atoms with Crippen LogP contribution in [0.3, 0.4) is 0 Å². The first-order chi connectivity index (χ1) is 12.2. The van der Waals surface area contributed by atoms with Gasteiger partial charge >= 0.3 is 0 Å². The Labute approximate surface area is 152 Å². The van der Waals surface area contributed by atoms with Crippen molar-refractivity contribution in [3.05, 3.63) is 11.9 Å². The molecule has 0 aliphatic rings. The van der Waals surface area contributed by atoms with Gasteiger partial charge in [0.2, 0.25) is 5.91 Å². The number of hydrogen-bond acceptors (Lipinski definition) is 8. The summed E-state index contributed by atoms with van der Waals surface area (Å²) in [7, 11) is 0. The third kappa shape index (κ3) is 8.55. The second-order valence-electron chi connectivity index (χ2n) is 6.95. The minimum atomic E-state index is -0.618. The summed E-state index contributed by atoms with van der Waals surface area (Å²) < 4.78 is 17.0. The van der Waals surface area contributed by atoms with E-state index in [0.717, 1.165) is 0 Å². The number of rotatable bonds is 12. The summed E-state index contributed by atoms with van der Waals surface area (Å²) in [6.07, 6.45) is 3.85. The normalized spacial score (nSPS) is 11.7. The maximum absolute atomic E-state index is 11.8. The molecule has 0 aromatic carbocycles. The number of ether oxygens (including phenoxy) is 3. The van der Waals surface area contributed by atoms with Crippen LogP contribution >= 0.6 is 0 Å². The smallest absolute Gasteiger partial charge is 0.286 e. The van der Waals surface area contributed by atoms with Crippen LogP contribution in [0.25, 0.3) is 0 Å². The van der Waals surface area contributed by atoms with Crippen LogP contribution in [0.2, 0.25) is 0 Å². The molecule has 1 heterocycles. The molecule has 0 bridgehead atoms. The van der Waals surface area contributed by atoms with E-state index in [2.05, 4.69) is 20.4 Å². The van der Waals surface area contributed by atoms with E-state index < -0.39 is 11.1 Å². The molecule has 144 valence electrons. The molecule has 1 aromatic heterocycles. The zero-order valence-corrected chi connectivity index (χ0v) is 15.5. The lowest BCUT2D eigenvalue weighted by Gasteiger charge is -2.32. The van der Waals surface area contributed by atoms with Gasteiger partial charge in [-0.15, -0.1) is 5.10 Å². The maximum Gasteiger partial charge on any atom is 0.286 e. The van der Waals surface area contributed by atoms with E-state index in [1.165, 1.54) is 0 Å². The Hall–Kier alpha value is -2.51. The first kappa shape index (κ1) is 21.5. The highest BCUT2D eigenvalue weighted by Crippen LogP contribution is 2.16. The summed E-state index contributed by atoms with van der Waals surface area (Å²) >= 11 is 0. The van der Waals surface area contributed by atoms with E-state index in [0.29, 0.717) is 18.5 Å². The maximum atomic E-state index is 11.8. The lowest BCUT2D eigenvalue weighted by molar-refractivity contribution is -0.130. The molecule has 0 fully saturated rings. The third-order valence-electron chi connectivity index (χ3n) is 3.13. The molecule has 1 amide bonds. The van der Waals surface area contributed by atoms with Gasteiger partial charge in [0.15, 0.2) is 0 Å². The SMILES string of the molecule is CC(C)(COC(C)(C)Cn1cc(COC#N)nn1)NC(=O)COCC=O. The molecular formula is C16H25N5O5. The van der Waals surface area contributed by atoms with Crippen molar-refractivity contribution in [2.75, 3.05) is 19.8 Å². The molecule has 0 saturated carbocycles. The van der Waals surface area contributed by atoms with Gasteiger partial charge in [-0.25, -0.2) is 4.68 Å². The largest absolute Gasteiger partial charge is 0.421 e. The van der Waals surface area contributed by atoms with Crippen molar-refractivity contribution in [3.63, 3.8) is 0 Å². The molecule has 1 rings (SSSR count). The average Bonchev–Trinajstić information content (AvgIpc) is 2.98. The van der Waals surface area contributed by atoms with Crippen LogP contribution in [-0.2, 0) is 37.0 Å². The van der Waals surface area contributed by atoms with Gasteiger partial charge in [-0.1, -0.05) is 5.21 Å². The number of nitrogens with one attached hydrogen (secondary N) is 1. The Morgan fingerprint density at radius 3 is 2.81 bits per heavy atom. The summed E-state index contributed by atoms with van der Waals surface area (Å²) in [6.45, 7) is 7.91. The van der Waals surface area contributed by atoms with Gasteiger partial charge in [0.25, 0.3) is 6.26 Å². The van der Waals surface area contributed by atoms with Gasteiger partial charge in [0.05, 0.1) is 30.5 Å². The molecule has 1 N–H and O–H groups in total. The molecule has 0 radical (unpaired) electrons. The quantitative estimate of drug-likeness (QED) is 0.315. The van der Waals surface area contributed by atoms with Gasteiger partial charge in [-0.2, -0.15) is 5.26 Å². The molecule has 10 heteroatoms. The van der Waals surface area contributed by atoms with Crippen molar-refractivity contribution >= 4 is 12.2 Å². The minimum absolute atomic E-state index is 0.0724. The number of carbonyl (C=O) groups excluding carboxylic acids is 2. The van der Waals surface area contributed by atoms with Crippen LogP contribution < -0.4 is 5.32 Å². The van der Waals surface area contributed by atoms with Gasteiger partial charge in [-0.05, 0) is 27.7 Å². The Bertz CT molecular complexity index is 635. The molecule has 0 spiro atoms. The number of amides is 1. The molecule has 0 aliphatic heterocycles. The summed E-state index contributed by atoms with van der Waals surface area (Å²) in [6, 6.07) is 0. The first-order valence-corrected chi connectivity index (χ1v) is 8.04. The van der Waals surface area contributed by atoms with Crippen molar-refractivity contribution in [2.24, 2.45) is 0 Å². The fraction of sp³-hybridized carbons (Fsp3) is 0.688. The molecule has 0 atom stereocenters. The van der Waals surface area contributed by atoms with Gasteiger partial charge in [0.1, 0.15) is 31.8 Å². The summed E-state index contributed by atoms with van der Waals surface area (Å²) in [5.41, 5.74) is -0.644.